The van der Waals surface area contributed by atoms with Crippen LogP contribution in [0.15, 0.2) is 16.9 Å². The molecule has 4 nitrogen and oxygen atoms in total. The van der Waals surface area contributed by atoms with E-state index in [-0.39, 0.29) is 6.04 Å². The first kappa shape index (κ1) is 8.72. The molecule has 1 aliphatic rings. The van der Waals surface area contributed by atoms with Gasteiger partial charge in [0, 0.05) is 31.1 Å². The van der Waals surface area contributed by atoms with E-state index in [1.165, 1.54) is 0 Å². The molecule has 1 aromatic rings. The summed E-state index contributed by atoms with van der Waals surface area (Å²) in [5.74, 6) is 0.437. The van der Waals surface area contributed by atoms with Gasteiger partial charge in [0.1, 0.15) is 6.26 Å². The highest BCUT2D eigenvalue weighted by molar-refractivity contribution is 5.07. The van der Waals surface area contributed by atoms with Crippen LogP contribution in [0.1, 0.15) is 18.0 Å². The fourth-order valence-electron chi connectivity index (χ4n) is 2.01. The zero-order valence-electron chi connectivity index (χ0n) is 7.81. The van der Waals surface area contributed by atoms with E-state index in [2.05, 4.69) is 17.1 Å². The summed E-state index contributed by atoms with van der Waals surface area (Å²) >= 11 is 0. The van der Waals surface area contributed by atoms with E-state index in [0.29, 0.717) is 5.92 Å². The molecule has 0 bridgehead atoms. The van der Waals surface area contributed by atoms with Gasteiger partial charge in [-0.25, -0.2) is 0 Å². The van der Waals surface area contributed by atoms with Crippen LogP contribution >= 0.6 is 0 Å². The van der Waals surface area contributed by atoms with E-state index >= 15 is 0 Å². The number of nitrogens with two attached hydrogens (primary N) is 1. The number of hydrogen-bond acceptors (Lipinski definition) is 4. The van der Waals surface area contributed by atoms with E-state index in [1.54, 1.807) is 6.26 Å². The smallest absolute Gasteiger partial charge is 0.124 e. The van der Waals surface area contributed by atoms with Crippen molar-refractivity contribution in [1.82, 2.24) is 10.1 Å². The van der Waals surface area contributed by atoms with E-state index in [0.717, 1.165) is 25.2 Å². The summed E-state index contributed by atoms with van der Waals surface area (Å²) in [6.45, 7) is 2.01. The standard InChI is InChI=1S/C9H15N3O/c1-12-5-7(4-8(10)6-12)9-2-3-13-11-9/h2-3,7-8H,4-6,10H2,1H3. The van der Waals surface area contributed by atoms with Crippen molar-refractivity contribution in [1.29, 1.82) is 0 Å². The number of rotatable bonds is 1. The van der Waals surface area contributed by atoms with Gasteiger partial charge in [0.05, 0.1) is 5.69 Å². The molecule has 0 aliphatic carbocycles. The third-order valence-electron chi connectivity index (χ3n) is 2.54. The summed E-state index contributed by atoms with van der Waals surface area (Å²) in [5.41, 5.74) is 6.95. The molecule has 0 amide bonds. The van der Waals surface area contributed by atoms with E-state index < -0.39 is 0 Å². The van der Waals surface area contributed by atoms with Crippen molar-refractivity contribution in [3.63, 3.8) is 0 Å². The van der Waals surface area contributed by atoms with Gasteiger partial charge in [0.2, 0.25) is 0 Å². The summed E-state index contributed by atoms with van der Waals surface area (Å²) in [4.78, 5) is 2.24. The number of nitrogens with zero attached hydrogens (tertiary/aromatic N) is 2. The molecule has 1 aromatic heterocycles. The highest BCUT2D eigenvalue weighted by atomic mass is 16.5. The van der Waals surface area contributed by atoms with Crippen molar-refractivity contribution >= 4 is 0 Å². The molecule has 1 aliphatic heterocycles. The summed E-state index contributed by atoms with van der Waals surface area (Å²) in [5, 5.41) is 3.95. The topological polar surface area (TPSA) is 55.3 Å². The first-order valence-corrected chi connectivity index (χ1v) is 4.60. The van der Waals surface area contributed by atoms with Crippen LogP contribution in [0.25, 0.3) is 0 Å². The second-order valence-electron chi connectivity index (χ2n) is 3.84. The maximum absolute atomic E-state index is 5.92. The van der Waals surface area contributed by atoms with E-state index in [1.807, 2.05) is 6.07 Å². The van der Waals surface area contributed by atoms with Gasteiger partial charge in [0.15, 0.2) is 0 Å². The molecule has 0 saturated carbocycles. The molecule has 1 saturated heterocycles. The molecule has 2 atom stereocenters. The van der Waals surface area contributed by atoms with Crippen LogP contribution < -0.4 is 5.73 Å². The minimum absolute atomic E-state index is 0.264. The summed E-state index contributed by atoms with van der Waals surface area (Å²) in [6, 6.07) is 2.19. The van der Waals surface area contributed by atoms with E-state index in [4.69, 9.17) is 10.3 Å². The Morgan fingerprint density at radius 3 is 3.08 bits per heavy atom. The fraction of sp³-hybridized carbons (Fsp3) is 0.667. The van der Waals surface area contributed by atoms with Gasteiger partial charge in [-0.3, -0.25) is 0 Å². The molecule has 72 valence electrons. The molecule has 0 spiro atoms. The summed E-state index contributed by atoms with van der Waals surface area (Å²) < 4.78 is 4.83. The first-order chi connectivity index (χ1) is 6.25. The van der Waals surface area contributed by atoms with Crippen molar-refractivity contribution in [3.8, 4) is 0 Å². The molecular formula is C9H15N3O. The molecule has 0 aromatic carbocycles. The quantitative estimate of drug-likeness (QED) is 0.682. The lowest BCUT2D eigenvalue weighted by Gasteiger charge is -2.32. The van der Waals surface area contributed by atoms with Gasteiger partial charge >= 0.3 is 0 Å². The van der Waals surface area contributed by atoms with Crippen molar-refractivity contribution in [2.75, 3.05) is 20.1 Å². The number of likely N-dealkylation sites (tertiary alicyclic amines) is 1. The lowest BCUT2D eigenvalue weighted by Crippen LogP contribution is -2.44. The predicted octanol–water partition coefficient (Wildman–Crippen LogP) is 0.421. The van der Waals surface area contributed by atoms with Gasteiger partial charge in [0.25, 0.3) is 0 Å². The number of likely N-dealkylation sites (N-methyl/N-ethyl adjacent to an activating group) is 1. The first-order valence-electron chi connectivity index (χ1n) is 4.60. The van der Waals surface area contributed by atoms with Gasteiger partial charge in [-0.1, -0.05) is 5.16 Å². The Labute approximate surface area is 77.7 Å². The third kappa shape index (κ3) is 1.89. The Bertz CT molecular complexity index is 250. The summed E-state index contributed by atoms with van der Waals surface area (Å²) in [7, 11) is 2.09. The van der Waals surface area contributed by atoms with Gasteiger partial charge in [-0.05, 0) is 13.5 Å². The number of aromatic nitrogens is 1. The Balaban J connectivity index is 2.07. The SMILES string of the molecule is CN1CC(N)CC(c2ccon2)C1. The van der Waals surface area contributed by atoms with Crippen LogP contribution in [-0.4, -0.2) is 36.2 Å². The molecule has 0 radical (unpaired) electrons. The normalized spacial score (nSPS) is 30.6. The van der Waals surface area contributed by atoms with Gasteiger partial charge in [-0.2, -0.15) is 0 Å². The van der Waals surface area contributed by atoms with Crippen molar-refractivity contribution in [2.24, 2.45) is 5.73 Å². The largest absolute Gasteiger partial charge is 0.365 e. The van der Waals surface area contributed by atoms with Crippen molar-refractivity contribution in [3.05, 3.63) is 18.0 Å². The molecule has 2 rings (SSSR count). The highest BCUT2D eigenvalue weighted by Gasteiger charge is 2.25. The van der Waals surface area contributed by atoms with E-state index in [9.17, 15) is 0 Å². The zero-order chi connectivity index (χ0) is 9.26. The van der Waals surface area contributed by atoms with Crippen LogP contribution in [0.2, 0.25) is 0 Å². The highest BCUT2D eigenvalue weighted by Crippen LogP contribution is 2.23. The Hall–Kier alpha value is -0.870. The molecule has 13 heavy (non-hydrogen) atoms. The Kier molecular flexibility index (Phi) is 2.33. The van der Waals surface area contributed by atoms with Crippen LogP contribution in [0.3, 0.4) is 0 Å². The van der Waals surface area contributed by atoms with Gasteiger partial charge < -0.3 is 15.2 Å². The minimum Gasteiger partial charge on any atom is -0.365 e. The number of piperidine rings is 1. The van der Waals surface area contributed by atoms with Crippen LogP contribution in [0.5, 0.6) is 0 Å². The third-order valence-corrected chi connectivity index (χ3v) is 2.54. The Morgan fingerprint density at radius 1 is 1.62 bits per heavy atom. The molecule has 2 N–H and O–H groups in total. The average molecular weight is 181 g/mol. The van der Waals surface area contributed by atoms with Crippen LogP contribution in [0.4, 0.5) is 0 Å². The Morgan fingerprint density at radius 2 is 2.46 bits per heavy atom. The predicted molar refractivity (Wildman–Crippen MR) is 49.3 cm³/mol. The molecular weight excluding hydrogens is 166 g/mol. The molecule has 1 fully saturated rings. The second kappa shape index (κ2) is 3.47. The molecule has 4 heteroatoms. The maximum Gasteiger partial charge on any atom is 0.124 e. The monoisotopic (exact) mass is 181 g/mol. The van der Waals surface area contributed by atoms with Crippen molar-refractivity contribution < 1.29 is 4.52 Å². The maximum atomic E-state index is 5.92. The van der Waals surface area contributed by atoms with Crippen LogP contribution in [-0.2, 0) is 0 Å². The second-order valence-corrected chi connectivity index (χ2v) is 3.84. The van der Waals surface area contributed by atoms with Gasteiger partial charge in [-0.15, -0.1) is 0 Å². The van der Waals surface area contributed by atoms with Crippen LogP contribution in [0, 0.1) is 0 Å². The fourth-order valence-corrected chi connectivity index (χ4v) is 2.01. The van der Waals surface area contributed by atoms with Crippen molar-refractivity contribution in [2.45, 2.75) is 18.4 Å². The molecule has 2 unspecified atom stereocenters. The minimum atomic E-state index is 0.264. The summed E-state index contributed by atoms with van der Waals surface area (Å²) in [6.07, 6.45) is 2.63. The average Bonchev–Trinajstić information content (AvgIpc) is 2.53. The molecule has 2 heterocycles. The number of hydrogen-bond donors (Lipinski definition) is 1. The lowest BCUT2D eigenvalue weighted by molar-refractivity contribution is 0.221. The lowest BCUT2D eigenvalue weighted by atomic mass is 9.92. The zero-order valence-corrected chi connectivity index (χ0v) is 7.81.